The van der Waals surface area contributed by atoms with Crippen LogP contribution in [0.3, 0.4) is 0 Å². The number of aryl methyl sites for hydroxylation is 1. The standard InChI is InChI=1S/C10H13N.2C2H6/c1-8-3-4-9-6-11(2)7-10(9)5-8;2*1-2/h3-5H,6-7H2,1-2H3;2*1-2H3. The lowest BCUT2D eigenvalue weighted by molar-refractivity contribution is 0.353. The van der Waals surface area contributed by atoms with E-state index in [-0.39, 0.29) is 0 Å². The molecule has 1 aromatic rings. The molecule has 0 atom stereocenters. The molecule has 0 aromatic heterocycles. The Morgan fingerprint density at radius 1 is 0.933 bits per heavy atom. The van der Waals surface area contributed by atoms with E-state index in [0.29, 0.717) is 0 Å². The van der Waals surface area contributed by atoms with Crippen LogP contribution in [0.5, 0.6) is 0 Å². The second-order valence-corrected chi connectivity index (χ2v) is 3.44. The van der Waals surface area contributed by atoms with Crippen molar-refractivity contribution < 1.29 is 0 Å². The van der Waals surface area contributed by atoms with Gasteiger partial charge in [0, 0.05) is 13.1 Å². The van der Waals surface area contributed by atoms with E-state index in [1.807, 2.05) is 27.7 Å². The Kier molecular flexibility index (Phi) is 7.06. The molecule has 15 heavy (non-hydrogen) atoms. The Bertz CT molecular complexity index is 279. The van der Waals surface area contributed by atoms with E-state index in [1.165, 1.54) is 16.7 Å². The lowest BCUT2D eigenvalue weighted by Gasteiger charge is -2.02. The lowest BCUT2D eigenvalue weighted by Crippen LogP contribution is -2.07. The van der Waals surface area contributed by atoms with Crippen molar-refractivity contribution in [2.24, 2.45) is 0 Å². The normalized spacial score (nSPS) is 13.2. The zero-order valence-corrected chi connectivity index (χ0v) is 11.1. The molecule has 86 valence electrons. The van der Waals surface area contributed by atoms with Gasteiger partial charge in [-0.15, -0.1) is 0 Å². The van der Waals surface area contributed by atoms with E-state index in [0.717, 1.165) is 13.1 Å². The van der Waals surface area contributed by atoms with Gasteiger partial charge in [0.1, 0.15) is 0 Å². The zero-order chi connectivity index (χ0) is 11.8. The molecule has 0 bridgehead atoms. The molecule has 0 amide bonds. The summed E-state index contributed by atoms with van der Waals surface area (Å²) in [6.07, 6.45) is 0. The Hall–Kier alpha value is -0.820. The molecule has 1 aliphatic heterocycles. The van der Waals surface area contributed by atoms with Gasteiger partial charge in [-0.3, -0.25) is 4.90 Å². The highest BCUT2D eigenvalue weighted by atomic mass is 15.1. The molecule has 1 aliphatic rings. The molecule has 1 aromatic carbocycles. The van der Waals surface area contributed by atoms with E-state index in [4.69, 9.17) is 0 Å². The van der Waals surface area contributed by atoms with Crippen LogP contribution in [0.4, 0.5) is 0 Å². The SMILES string of the molecule is CC.CC.Cc1ccc2c(c1)CN(C)C2. The van der Waals surface area contributed by atoms with Crippen LogP contribution in [-0.2, 0) is 13.1 Å². The molecule has 0 N–H and O–H groups in total. The fourth-order valence-corrected chi connectivity index (χ4v) is 1.69. The summed E-state index contributed by atoms with van der Waals surface area (Å²) < 4.78 is 0. The molecular weight excluding hydrogens is 182 g/mol. The summed E-state index contributed by atoms with van der Waals surface area (Å²) in [7, 11) is 2.16. The van der Waals surface area contributed by atoms with Crippen LogP contribution in [0.15, 0.2) is 18.2 Å². The highest BCUT2D eigenvalue weighted by molar-refractivity contribution is 5.33. The smallest absolute Gasteiger partial charge is 0.0237 e. The van der Waals surface area contributed by atoms with Gasteiger partial charge in [0.25, 0.3) is 0 Å². The molecule has 1 heteroatoms. The van der Waals surface area contributed by atoms with E-state index >= 15 is 0 Å². The maximum atomic E-state index is 2.34. The first-order chi connectivity index (χ1) is 7.25. The van der Waals surface area contributed by atoms with Gasteiger partial charge in [-0.05, 0) is 25.1 Å². The van der Waals surface area contributed by atoms with Crippen LogP contribution in [0.25, 0.3) is 0 Å². The van der Waals surface area contributed by atoms with E-state index in [9.17, 15) is 0 Å². The number of fused-ring (bicyclic) bond motifs is 1. The van der Waals surface area contributed by atoms with Crippen molar-refractivity contribution >= 4 is 0 Å². The van der Waals surface area contributed by atoms with Crippen molar-refractivity contribution in [2.45, 2.75) is 47.7 Å². The van der Waals surface area contributed by atoms with Crippen molar-refractivity contribution in [2.75, 3.05) is 7.05 Å². The highest BCUT2D eigenvalue weighted by Gasteiger charge is 2.13. The fourth-order valence-electron chi connectivity index (χ4n) is 1.69. The Balaban J connectivity index is 0.000000442. The van der Waals surface area contributed by atoms with Crippen LogP contribution in [0.1, 0.15) is 44.4 Å². The lowest BCUT2D eigenvalue weighted by atomic mass is 10.1. The third kappa shape index (κ3) is 4.05. The van der Waals surface area contributed by atoms with Crippen LogP contribution in [0, 0.1) is 6.92 Å². The third-order valence-electron chi connectivity index (χ3n) is 2.24. The molecule has 0 radical (unpaired) electrons. The molecule has 2 rings (SSSR count). The molecule has 1 heterocycles. The molecule has 0 saturated heterocycles. The first-order valence-corrected chi connectivity index (χ1v) is 6.02. The molecule has 0 spiro atoms. The van der Waals surface area contributed by atoms with Gasteiger partial charge >= 0.3 is 0 Å². The molecular formula is C14H25N. The topological polar surface area (TPSA) is 3.24 Å². The Morgan fingerprint density at radius 3 is 2.07 bits per heavy atom. The van der Waals surface area contributed by atoms with E-state index in [2.05, 4.69) is 37.1 Å². The fraction of sp³-hybridized carbons (Fsp3) is 0.571. The summed E-state index contributed by atoms with van der Waals surface area (Å²) in [4.78, 5) is 2.34. The summed E-state index contributed by atoms with van der Waals surface area (Å²) in [6.45, 7) is 12.4. The largest absolute Gasteiger partial charge is 0.298 e. The molecule has 0 unspecified atom stereocenters. The van der Waals surface area contributed by atoms with E-state index < -0.39 is 0 Å². The van der Waals surface area contributed by atoms with Crippen LogP contribution in [0.2, 0.25) is 0 Å². The van der Waals surface area contributed by atoms with Gasteiger partial charge in [-0.2, -0.15) is 0 Å². The number of hydrogen-bond donors (Lipinski definition) is 0. The second-order valence-electron chi connectivity index (χ2n) is 3.44. The van der Waals surface area contributed by atoms with Gasteiger partial charge in [0.15, 0.2) is 0 Å². The predicted octanol–water partition coefficient (Wildman–Crippen LogP) is 3.99. The average molecular weight is 207 g/mol. The minimum atomic E-state index is 1.12. The number of rotatable bonds is 0. The molecule has 0 aliphatic carbocycles. The molecule has 0 fully saturated rings. The summed E-state index contributed by atoms with van der Waals surface area (Å²) in [5, 5.41) is 0. The van der Waals surface area contributed by atoms with Gasteiger partial charge in [-0.1, -0.05) is 51.5 Å². The Morgan fingerprint density at radius 2 is 1.47 bits per heavy atom. The van der Waals surface area contributed by atoms with Crippen LogP contribution < -0.4 is 0 Å². The van der Waals surface area contributed by atoms with Crippen LogP contribution in [-0.4, -0.2) is 11.9 Å². The monoisotopic (exact) mass is 207 g/mol. The molecule has 1 nitrogen and oxygen atoms in total. The molecule has 0 saturated carbocycles. The van der Waals surface area contributed by atoms with Gasteiger partial charge < -0.3 is 0 Å². The van der Waals surface area contributed by atoms with Crippen LogP contribution >= 0.6 is 0 Å². The summed E-state index contributed by atoms with van der Waals surface area (Å²) in [5.74, 6) is 0. The predicted molar refractivity (Wildman–Crippen MR) is 69.0 cm³/mol. The second kappa shape index (κ2) is 7.47. The zero-order valence-electron chi connectivity index (χ0n) is 11.1. The van der Waals surface area contributed by atoms with Gasteiger partial charge in [0.05, 0.1) is 0 Å². The van der Waals surface area contributed by atoms with Crippen molar-refractivity contribution in [3.8, 4) is 0 Å². The maximum absolute atomic E-state index is 2.34. The first kappa shape index (κ1) is 14.2. The summed E-state index contributed by atoms with van der Waals surface area (Å²) >= 11 is 0. The van der Waals surface area contributed by atoms with Gasteiger partial charge in [-0.25, -0.2) is 0 Å². The Labute approximate surface area is 95.1 Å². The van der Waals surface area contributed by atoms with Crippen molar-refractivity contribution in [1.82, 2.24) is 4.90 Å². The third-order valence-corrected chi connectivity index (χ3v) is 2.24. The highest BCUT2D eigenvalue weighted by Crippen LogP contribution is 2.21. The van der Waals surface area contributed by atoms with Gasteiger partial charge in [0.2, 0.25) is 0 Å². The average Bonchev–Trinajstić information content (AvgIpc) is 2.63. The number of benzene rings is 1. The quantitative estimate of drug-likeness (QED) is 0.621. The minimum absolute atomic E-state index is 1.12. The summed E-state index contributed by atoms with van der Waals surface area (Å²) in [5.41, 5.74) is 4.38. The summed E-state index contributed by atoms with van der Waals surface area (Å²) in [6, 6.07) is 6.73. The minimum Gasteiger partial charge on any atom is -0.298 e. The van der Waals surface area contributed by atoms with Crippen molar-refractivity contribution in [3.05, 3.63) is 34.9 Å². The van der Waals surface area contributed by atoms with Crippen molar-refractivity contribution in [1.29, 1.82) is 0 Å². The van der Waals surface area contributed by atoms with Crippen molar-refractivity contribution in [3.63, 3.8) is 0 Å². The van der Waals surface area contributed by atoms with E-state index in [1.54, 1.807) is 0 Å². The number of nitrogens with zero attached hydrogens (tertiary/aromatic N) is 1. The maximum Gasteiger partial charge on any atom is 0.0237 e. The first-order valence-electron chi connectivity index (χ1n) is 6.02. The number of hydrogen-bond acceptors (Lipinski definition) is 1.